The van der Waals surface area contributed by atoms with E-state index in [1.165, 1.54) is 0 Å². The molecule has 0 aliphatic carbocycles. The van der Waals surface area contributed by atoms with Crippen molar-refractivity contribution in [1.82, 2.24) is 0 Å². The largest absolute Gasteiger partial charge is 0.488 e. The topological polar surface area (TPSA) is 9.23 Å². The summed E-state index contributed by atoms with van der Waals surface area (Å²) in [7, 11) is 0. The van der Waals surface area contributed by atoms with Crippen molar-refractivity contribution in [3.63, 3.8) is 0 Å². The highest BCUT2D eigenvalue weighted by atomic mass is 35.5. The maximum atomic E-state index is 15.7. The van der Waals surface area contributed by atoms with Crippen LogP contribution in [0, 0.1) is 6.92 Å². The SMILES string of the molecule is C=C(OC(C)(C)C)c1ccc(/C(=C/C)CC(C)(c2cc(Cl)cc(Cl)c2)C(C)(C)F)cc1C. The van der Waals surface area contributed by atoms with E-state index in [0.29, 0.717) is 22.2 Å². The second-order valence-corrected chi connectivity index (χ2v) is 11.0. The van der Waals surface area contributed by atoms with Gasteiger partial charge in [-0.05, 0) is 95.3 Å². The van der Waals surface area contributed by atoms with Crippen LogP contribution in [-0.2, 0) is 10.2 Å². The number of aryl methyl sites for hydroxylation is 1. The summed E-state index contributed by atoms with van der Waals surface area (Å²) in [5, 5.41) is 1.00. The Morgan fingerprint density at radius 2 is 1.56 bits per heavy atom. The second kappa shape index (κ2) is 9.61. The van der Waals surface area contributed by atoms with Gasteiger partial charge in [-0.1, -0.05) is 61.0 Å². The summed E-state index contributed by atoms with van der Waals surface area (Å²) in [4.78, 5) is 0. The first kappa shape index (κ1) is 26.5. The van der Waals surface area contributed by atoms with Crippen LogP contribution in [0.1, 0.15) is 77.1 Å². The lowest BCUT2D eigenvalue weighted by molar-refractivity contribution is 0.0975. The smallest absolute Gasteiger partial charge is 0.120 e. The molecular formula is C28H35Cl2FO. The van der Waals surface area contributed by atoms with Crippen LogP contribution >= 0.6 is 23.2 Å². The molecule has 0 N–H and O–H groups in total. The van der Waals surface area contributed by atoms with Gasteiger partial charge in [0.1, 0.15) is 17.0 Å². The van der Waals surface area contributed by atoms with Crippen molar-refractivity contribution in [1.29, 1.82) is 0 Å². The van der Waals surface area contributed by atoms with Crippen molar-refractivity contribution in [3.05, 3.63) is 81.4 Å². The first-order valence-electron chi connectivity index (χ1n) is 10.9. The van der Waals surface area contributed by atoms with E-state index in [2.05, 4.69) is 12.6 Å². The van der Waals surface area contributed by atoms with E-state index in [1.807, 2.05) is 71.9 Å². The number of allylic oxidation sites excluding steroid dienone is 2. The van der Waals surface area contributed by atoms with Crippen molar-refractivity contribution >= 4 is 34.5 Å². The van der Waals surface area contributed by atoms with Crippen LogP contribution < -0.4 is 0 Å². The summed E-state index contributed by atoms with van der Waals surface area (Å²) in [5.74, 6) is 0.645. The van der Waals surface area contributed by atoms with Gasteiger partial charge in [-0.2, -0.15) is 0 Å². The monoisotopic (exact) mass is 476 g/mol. The molecule has 0 fully saturated rings. The molecule has 0 saturated carbocycles. The molecule has 1 nitrogen and oxygen atoms in total. The van der Waals surface area contributed by atoms with E-state index in [0.717, 1.165) is 27.8 Å². The Hall–Kier alpha value is -1.77. The number of alkyl halides is 1. The van der Waals surface area contributed by atoms with Gasteiger partial charge in [0.2, 0.25) is 0 Å². The number of rotatable bonds is 7. The Labute approximate surface area is 203 Å². The summed E-state index contributed by atoms with van der Waals surface area (Å²) in [5.41, 5.74) is 2.23. The third kappa shape index (κ3) is 6.17. The number of hydrogen-bond acceptors (Lipinski definition) is 1. The average Bonchev–Trinajstić information content (AvgIpc) is 2.62. The molecular weight excluding hydrogens is 442 g/mol. The minimum atomic E-state index is -1.51. The maximum absolute atomic E-state index is 15.7. The molecule has 1 unspecified atom stereocenters. The van der Waals surface area contributed by atoms with Gasteiger partial charge in [-0.15, -0.1) is 0 Å². The maximum Gasteiger partial charge on any atom is 0.120 e. The predicted octanol–water partition coefficient (Wildman–Crippen LogP) is 9.59. The summed E-state index contributed by atoms with van der Waals surface area (Å²) < 4.78 is 21.6. The van der Waals surface area contributed by atoms with Crippen LogP contribution in [-0.4, -0.2) is 11.3 Å². The lowest BCUT2D eigenvalue weighted by Gasteiger charge is -2.40. The van der Waals surface area contributed by atoms with Crippen LogP contribution in [0.3, 0.4) is 0 Å². The van der Waals surface area contributed by atoms with Gasteiger partial charge in [-0.3, -0.25) is 0 Å². The van der Waals surface area contributed by atoms with Crippen LogP contribution in [0.5, 0.6) is 0 Å². The molecule has 32 heavy (non-hydrogen) atoms. The molecule has 0 aliphatic rings. The van der Waals surface area contributed by atoms with E-state index in [9.17, 15) is 0 Å². The zero-order chi connectivity index (χ0) is 24.5. The molecule has 2 aromatic rings. The highest BCUT2D eigenvalue weighted by Gasteiger charge is 2.43. The second-order valence-electron chi connectivity index (χ2n) is 10.1. The minimum Gasteiger partial charge on any atom is -0.488 e. The highest BCUT2D eigenvalue weighted by molar-refractivity contribution is 6.34. The van der Waals surface area contributed by atoms with E-state index in [-0.39, 0.29) is 5.60 Å². The Balaban J connectivity index is 2.47. The molecule has 0 bridgehead atoms. The van der Waals surface area contributed by atoms with Gasteiger partial charge >= 0.3 is 0 Å². The number of ether oxygens (including phenoxy) is 1. The number of hydrogen-bond donors (Lipinski definition) is 0. The van der Waals surface area contributed by atoms with Crippen LogP contribution in [0.2, 0.25) is 10.0 Å². The van der Waals surface area contributed by atoms with Crippen molar-refractivity contribution in [3.8, 4) is 0 Å². The molecule has 174 valence electrons. The van der Waals surface area contributed by atoms with Gasteiger partial charge in [0.25, 0.3) is 0 Å². The quantitative estimate of drug-likeness (QED) is 0.361. The summed E-state index contributed by atoms with van der Waals surface area (Å²) >= 11 is 12.5. The van der Waals surface area contributed by atoms with Crippen molar-refractivity contribution in [2.75, 3.05) is 0 Å². The molecule has 0 saturated heterocycles. The zero-order valence-corrected chi connectivity index (χ0v) is 22.0. The molecule has 0 radical (unpaired) electrons. The van der Waals surface area contributed by atoms with E-state index >= 15 is 4.39 Å². The van der Waals surface area contributed by atoms with E-state index in [4.69, 9.17) is 27.9 Å². The van der Waals surface area contributed by atoms with Crippen LogP contribution in [0.25, 0.3) is 11.3 Å². The van der Waals surface area contributed by atoms with E-state index in [1.54, 1.807) is 19.9 Å². The molecule has 0 amide bonds. The van der Waals surface area contributed by atoms with Gasteiger partial charge in [0.15, 0.2) is 0 Å². The molecule has 0 aromatic heterocycles. The fourth-order valence-corrected chi connectivity index (χ4v) is 4.41. The third-order valence-corrected chi connectivity index (χ3v) is 6.47. The van der Waals surface area contributed by atoms with Gasteiger partial charge in [0, 0.05) is 21.0 Å². The molecule has 2 rings (SSSR count). The van der Waals surface area contributed by atoms with Gasteiger partial charge in [0.05, 0.1) is 0 Å². The highest BCUT2D eigenvalue weighted by Crippen LogP contribution is 2.46. The Bertz CT molecular complexity index is 1000. The molecule has 0 heterocycles. The fourth-order valence-electron chi connectivity index (χ4n) is 3.88. The number of benzene rings is 2. The Kier molecular flexibility index (Phi) is 7.95. The summed E-state index contributed by atoms with van der Waals surface area (Å²) in [6.07, 6.45) is 2.53. The van der Waals surface area contributed by atoms with Crippen LogP contribution in [0.15, 0.2) is 49.1 Å². The molecule has 0 spiro atoms. The van der Waals surface area contributed by atoms with Gasteiger partial charge < -0.3 is 4.74 Å². The Morgan fingerprint density at radius 1 is 1.00 bits per heavy atom. The van der Waals surface area contributed by atoms with Crippen molar-refractivity contribution in [2.45, 2.75) is 78.5 Å². The number of halogens is 3. The minimum absolute atomic E-state index is 0.316. The standard InChI is InChI=1S/C28H35Cl2FO/c1-10-20(21-11-12-25(18(2)13-21)19(3)32-26(4,5)6)17-28(9,27(7,8)31)22-14-23(29)16-24(30)15-22/h10-16H,3,17H2,1-2,4-9H3/b20-10+. The first-order chi connectivity index (χ1) is 14.6. The average molecular weight is 477 g/mol. The van der Waals surface area contributed by atoms with Gasteiger partial charge in [-0.25, -0.2) is 4.39 Å². The lowest BCUT2D eigenvalue weighted by atomic mass is 9.67. The Morgan fingerprint density at radius 3 is 2.00 bits per heavy atom. The molecule has 4 heteroatoms. The first-order valence-corrected chi connectivity index (χ1v) is 11.6. The summed E-state index contributed by atoms with van der Waals surface area (Å²) in [6.45, 7) is 19.3. The van der Waals surface area contributed by atoms with Crippen molar-refractivity contribution in [2.24, 2.45) is 0 Å². The normalized spacial score (nSPS) is 14.8. The predicted molar refractivity (Wildman–Crippen MR) is 138 cm³/mol. The third-order valence-electron chi connectivity index (χ3n) is 6.03. The van der Waals surface area contributed by atoms with Crippen molar-refractivity contribution < 1.29 is 9.13 Å². The molecule has 2 aromatic carbocycles. The lowest BCUT2D eigenvalue weighted by Crippen LogP contribution is -2.42. The van der Waals surface area contributed by atoms with Crippen LogP contribution in [0.4, 0.5) is 4.39 Å². The molecule has 1 atom stereocenters. The zero-order valence-electron chi connectivity index (χ0n) is 20.5. The summed E-state index contributed by atoms with van der Waals surface area (Å²) in [6, 6.07) is 11.5. The molecule has 0 aliphatic heterocycles. The fraction of sp³-hybridized carbons (Fsp3) is 0.429. The van der Waals surface area contributed by atoms with E-state index < -0.39 is 11.1 Å².